The van der Waals surface area contributed by atoms with E-state index in [1.807, 2.05) is 30.5 Å². The third-order valence-corrected chi connectivity index (χ3v) is 5.17. The number of ether oxygens (including phenoxy) is 1. The van der Waals surface area contributed by atoms with Crippen LogP contribution in [0.25, 0.3) is 16.0 Å². The molecule has 0 N–H and O–H groups in total. The number of thiazole rings is 1. The molecule has 2 aromatic carbocycles. The predicted octanol–water partition coefficient (Wildman–Crippen LogP) is 5.73. The van der Waals surface area contributed by atoms with Crippen LogP contribution in [0.3, 0.4) is 0 Å². The van der Waals surface area contributed by atoms with Crippen molar-refractivity contribution in [2.24, 2.45) is 0 Å². The average molecular weight is 327 g/mol. The molecule has 0 radical (unpaired) electrons. The Morgan fingerprint density at radius 2 is 1.95 bits per heavy atom. The van der Waals surface area contributed by atoms with Gasteiger partial charge in [0.1, 0.15) is 5.76 Å². The molecule has 3 aromatic rings. The number of aryl methyl sites for hydroxylation is 1. The first-order valence-electron chi connectivity index (χ1n) is 7.18. The van der Waals surface area contributed by atoms with Crippen molar-refractivity contribution in [1.82, 2.24) is 4.98 Å². The fraction of sp³-hybridized carbons (Fsp3) is 0.167. The summed E-state index contributed by atoms with van der Waals surface area (Å²) < 4.78 is 8.03. The van der Waals surface area contributed by atoms with Crippen molar-refractivity contribution in [2.45, 2.75) is 18.2 Å². The number of nitrogens with zero attached hydrogens (tertiary/aromatic N) is 1. The van der Waals surface area contributed by atoms with Crippen molar-refractivity contribution < 1.29 is 4.74 Å². The summed E-state index contributed by atoms with van der Waals surface area (Å²) in [6.45, 7) is 4.74. The van der Waals surface area contributed by atoms with Crippen LogP contribution < -0.4 is 0 Å². The van der Waals surface area contributed by atoms with Gasteiger partial charge >= 0.3 is 0 Å². The molecule has 0 atom stereocenters. The summed E-state index contributed by atoms with van der Waals surface area (Å²) in [6.07, 6.45) is 0. The molecular weight excluding hydrogens is 310 g/mol. The third-order valence-electron chi connectivity index (χ3n) is 3.18. The highest BCUT2D eigenvalue weighted by Gasteiger charge is 2.06. The van der Waals surface area contributed by atoms with E-state index in [1.165, 1.54) is 10.3 Å². The predicted molar refractivity (Wildman–Crippen MR) is 96.3 cm³/mol. The highest BCUT2D eigenvalue weighted by molar-refractivity contribution is 8.04. The van der Waals surface area contributed by atoms with Gasteiger partial charge in [0.25, 0.3) is 0 Å². The molecule has 0 aliphatic heterocycles. The van der Waals surface area contributed by atoms with Gasteiger partial charge in [-0.3, -0.25) is 0 Å². The molecule has 3 rings (SSSR count). The van der Waals surface area contributed by atoms with Crippen LogP contribution in [0.4, 0.5) is 0 Å². The minimum atomic E-state index is 0.653. The van der Waals surface area contributed by atoms with Crippen molar-refractivity contribution >= 4 is 39.1 Å². The lowest BCUT2D eigenvalue weighted by Crippen LogP contribution is -1.91. The van der Waals surface area contributed by atoms with E-state index in [0.717, 1.165) is 21.2 Å². The SMILES string of the molecule is CCO/C(=C\Sc1nc2ccccc2s1)c1ccc(C)cc1. The minimum Gasteiger partial charge on any atom is -0.493 e. The maximum absolute atomic E-state index is 5.78. The number of fused-ring (bicyclic) bond motifs is 1. The Kier molecular flexibility index (Phi) is 4.80. The van der Waals surface area contributed by atoms with E-state index < -0.39 is 0 Å². The molecule has 4 heteroatoms. The van der Waals surface area contributed by atoms with Crippen molar-refractivity contribution in [3.05, 3.63) is 65.1 Å². The Morgan fingerprint density at radius 3 is 2.68 bits per heavy atom. The summed E-state index contributed by atoms with van der Waals surface area (Å²) >= 11 is 3.32. The van der Waals surface area contributed by atoms with Gasteiger partial charge in [0.05, 0.1) is 16.8 Å². The number of hydrogen-bond donors (Lipinski definition) is 0. The minimum absolute atomic E-state index is 0.653. The summed E-state index contributed by atoms with van der Waals surface area (Å²) in [5, 5.41) is 2.05. The molecule has 0 aliphatic rings. The third kappa shape index (κ3) is 3.51. The van der Waals surface area contributed by atoms with Gasteiger partial charge in [0.2, 0.25) is 0 Å². The number of thioether (sulfide) groups is 1. The van der Waals surface area contributed by atoms with E-state index in [1.54, 1.807) is 23.1 Å². The molecule has 1 heterocycles. The van der Waals surface area contributed by atoms with Gasteiger partial charge < -0.3 is 4.74 Å². The quantitative estimate of drug-likeness (QED) is 0.441. The first-order chi connectivity index (χ1) is 10.8. The van der Waals surface area contributed by atoms with Crippen molar-refractivity contribution in [1.29, 1.82) is 0 Å². The lowest BCUT2D eigenvalue weighted by atomic mass is 10.1. The van der Waals surface area contributed by atoms with Crippen molar-refractivity contribution in [3.8, 4) is 0 Å². The van der Waals surface area contributed by atoms with E-state index in [9.17, 15) is 0 Å². The molecule has 0 amide bonds. The molecule has 0 fully saturated rings. The van der Waals surface area contributed by atoms with Crippen LogP contribution in [-0.2, 0) is 4.74 Å². The topological polar surface area (TPSA) is 22.1 Å². The second-order valence-corrected chi connectivity index (χ2v) is 6.99. The van der Waals surface area contributed by atoms with Gasteiger partial charge in [0.15, 0.2) is 4.34 Å². The molecule has 0 saturated carbocycles. The molecule has 0 spiro atoms. The zero-order valence-electron chi connectivity index (χ0n) is 12.6. The molecule has 22 heavy (non-hydrogen) atoms. The van der Waals surface area contributed by atoms with Crippen LogP contribution in [0.2, 0.25) is 0 Å². The average Bonchev–Trinajstić information content (AvgIpc) is 2.95. The van der Waals surface area contributed by atoms with Gasteiger partial charge in [-0.15, -0.1) is 11.3 Å². The van der Waals surface area contributed by atoms with Crippen LogP contribution in [0.1, 0.15) is 18.1 Å². The van der Waals surface area contributed by atoms with Gasteiger partial charge in [-0.25, -0.2) is 4.98 Å². The van der Waals surface area contributed by atoms with Gasteiger partial charge in [-0.1, -0.05) is 53.7 Å². The molecule has 2 nitrogen and oxygen atoms in total. The smallest absolute Gasteiger partial charge is 0.155 e. The summed E-state index contributed by atoms with van der Waals surface area (Å²) in [7, 11) is 0. The van der Waals surface area contributed by atoms with E-state index in [0.29, 0.717) is 6.61 Å². The largest absolute Gasteiger partial charge is 0.493 e. The monoisotopic (exact) mass is 327 g/mol. The molecule has 0 unspecified atom stereocenters. The lowest BCUT2D eigenvalue weighted by molar-refractivity contribution is 0.298. The Balaban J connectivity index is 1.84. The molecule has 0 bridgehead atoms. The van der Waals surface area contributed by atoms with Gasteiger partial charge in [-0.05, 0) is 26.0 Å². The summed E-state index contributed by atoms with van der Waals surface area (Å²) in [5.41, 5.74) is 3.40. The van der Waals surface area contributed by atoms with Crippen LogP contribution in [-0.4, -0.2) is 11.6 Å². The fourth-order valence-electron chi connectivity index (χ4n) is 2.06. The van der Waals surface area contributed by atoms with E-state index in [4.69, 9.17) is 4.74 Å². The Hall–Kier alpha value is -1.78. The second-order valence-electron chi connectivity index (χ2n) is 4.85. The maximum atomic E-state index is 5.78. The summed E-state index contributed by atoms with van der Waals surface area (Å²) in [6, 6.07) is 16.6. The highest BCUT2D eigenvalue weighted by Crippen LogP contribution is 2.32. The maximum Gasteiger partial charge on any atom is 0.155 e. The normalized spacial score (nSPS) is 11.8. The first-order valence-corrected chi connectivity index (χ1v) is 8.88. The van der Waals surface area contributed by atoms with Gasteiger partial charge in [0, 0.05) is 11.0 Å². The zero-order chi connectivity index (χ0) is 15.4. The fourth-order valence-corrected chi connectivity index (χ4v) is 3.93. The van der Waals surface area contributed by atoms with Gasteiger partial charge in [-0.2, -0.15) is 0 Å². The number of rotatable bonds is 5. The van der Waals surface area contributed by atoms with E-state index in [-0.39, 0.29) is 0 Å². The molecule has 112 valence electrons. The Morgan fingerprint density at radius 1 is 1.18 bits per heavy atom. The van der Waals surface area contributed by atoms with Crippen molar-refractivity contribution in [2.75, 3.05) is 6.61 Å². The van der Waals surface area contributed by atoms with E-state index >= 15 is 0 Å². The Bertz CT molecular complexity index is 757. The van der Waals surface area contributed by atoms with Crippen molar-refractivity contribution in [3.63, 3.8) is 0 Å². The Labute approximate surface area is 138 Å². The standard InChI is InChI=1S/C18H17NOS2/c1-3-20-16(14-10-8-13(2)9-11-14)12-21-18-19-15-6-4-5-7-17(15)22-18/h4-12H,3H2,1-2H3/b16-12-. The van der Waals surface area contributed by atoms with Crippen LogP contribution >= 0.6 is 23.1 Å². The summed E-state index contributed by atoms with van der Waals surface area (Å²) in [5.74, 6) is 0.895. The van der Waals surface area contributed by atoms with Crippen LogP contribution in [0, 0.1) is 6.92 Å². The molecule has 1 aromatic heterocycles. The lowest BCUT2D eigenvalue weighted by Gasteiger charge is -2.08. The second kappa shape index (κ2) is 6.99. The first kappa shape index (κ1) is 15.1. The molecular formula is C18H17NOS2. The number of benzene rings is 2. The zero-order valence-corrected chi connectivity index (χ0v) is 14.2. The number of hydrogen-bond acceptors (Lipinski definition) is 4. The van der Waals surface area contributed by atoms with Crippen LogP contribution in [0.5, 0.6) is 0 Å². The van der Waals surface area contributed by atoms with Crippen LogP contribution in [0.15, 0.2) is 58.3 Å². The highest BCUT2D eigenvalue weighted by atomic mass is 32.2. The van der Waals surface area contributed by atoms with E-state index in [2.05, 4.69) is 42.2 Å². The summed E-state index contributed by atoms with van der Waals surface area (Å²) in [4.78, 5) is 4.63. The number of aromatic nitrogens is 1. The molecule has 0 saturated heterocycles. The molecule has 0 aliphatic carbocycles. The number of para-hydroxylation sites is 1.